The van der Waals surface area contributed by atoms with Crippen LogP contribution in [0.15, 0.2) is 23.2 Å². The second-order valence-corrected chi connectivity index (χ2v) is 4.00. The lowest BCUT2D eigenvalue weighted by atomic mass is 10.2. The first-order valence-corrected chi connectivity index (χ1v) is 5.17. The van der Waals surface area contributed by atoms with Crippen molar-refractivity contribution in [2.24, 2.45) is 0 Å². The van der Waals surface area contributed by atoms with Gasteiger partial charge in [0.2, 0.25) is 0 Å². The van der Waals surface area contributed by atoms with E-state index < -0.39 is 0 Å². The zero-order valence-corrected chi connectivity index (χ0v) is 8.30. The molecule has 0 unspecified atom stereocenters. The van der Waals surface area contributed by atoms with Crippen LogP contribution in [-0.2, 0) is 4.74 Å². The fourth-order valence-corrected chi connectivity index (χ4v) is 1.93. The molecular formula is C10H11NOS. The molecule has 1 aromatic heterocycles. The molecule has 0 bridgehead atoms. The van der Waals surface area contributed by atoms with Gasteiger partial charge in [0.1, 0.15) is 0 Å². The topological polar surface area (TPSA) is 22.1 Å². The zero-order valence-electron chi connectivity index (χ0n) is 7.49. The summed E-state index contributed by atoms with van der Waals surface area (Å²) < 4.78 is 5.24. The average Bonchev–Trinajstić information content (AvgIpc) is 2.57. The van der Waals surface area contributed by atoms with Crippen LogP contribution < -0.4 is 0 Å². The molecule has 68 valence electrons. The van der Waals surface area contributed by atoms with Gasteiger partial charge in [-0.2, -0.15) is 0 Å². The van der Waals surface area contributed by atoms with Gasteiger partial charge in [0.15, 0.2) is 0 Å². The summed E-state index contributed by atoms with van der Waals surface area (Å²) in [6.07, 6.45) is 3.99. The monoisotopic (exact) mass is 193 g/mol. The van der Waals surface area contributed by atoms with Gasteiger partial charge in [-0.3, -0.25) is 4.98 Å². The summed E-state index contributed by atoms with van der Waals surface area (Å²) in [6.45, 7) is 2.76. The van der Waals surface area contributed by atoms with E-state index in [1.54, 1.807) is 11.8 Å². The summed E-state index contributed by atoms with van der Waals surface area (Å²) in [4.78, 5) is 5.44. The first-order valence-electron chi connectivity index (χ1n) is 4.18. The van der Waals surface area contributed by atoms with E-state index in [0.717, 1.165) is 18.2 Å². The average molecular weight is 193 g/mol. The van der Waals surface area contributed by atoms with Gasteiger partial charge >= 0.3 is 0 Å². The molecule has 0 amide bonds. The number of nitrogens with zero attached hydrogens (tertiary/aromatic N) is 1. The Balaban J connectivity index is 2.21. The summed E-state index contributed by atoms with van der Waals surface area (Å²) >= 11 is 1.76. The van der Waals surface area contributed by atoms with Crippen molar-refractivity contribution in [3.05, 3.63) is 34.5 Å². The maximum absolute atomic E-state index is 5.24. The van der Waals surface area contributed by atoms with Crippen molar-refractivity contribution < 1.29 is 4.74 Å². The van der Waals surface area contributed by atoms with E-state index in [9.17, 15) is 0 Å². The molecule has 0 aromatic carbocycles. The third-order valence-electron chi connectivity index (χ3n) is 1.82. The molecule has 1 fully saturated rings. The fourth-order valence-electron chi connectivity index (χ4n) is 1.23. The molecule has 1 aliphatic rings. The van der Waals surface area contributed by atoms with Gasteiger partial charge < -0.3 is 4.74 Å². The number of aryl methyl sites for hydroxylation is 1. The van der Waals surface area contributed by atoms with Crippen LogP contribution in [0.4, 0.5) is 0 Å². The van der Waals surface area contributed by atoms with E-state index in [2.05, 4.69) is 17.1 Å². The summed E-state index contributed by atoms with van der Waals surface area (Å²) in [5.41, 5.74) is 2.26. The SMILES string of the molecule is Cc1cc(/C=C2\COCS2)ccn1. The predicted molar refractivity (Wildman–Crippen MR) is 55.4 cm³/mol. The first kappa shape index (κ1) is 8.78. The molecule has 0 spiro atoms. The highest BCUT2D eigenvalue weighted by atomic mass is 32.2. The molecule has 0 saturated carbocycles. The van der Waals surface area contributed by atoms with Gasteiger partial charge in [-0.15, -0.1) is 0 Å². The van der Waals surface area contributed by atoms with Crippen molar-refractivity contribution in [3.8, 4) is 0 Å². The van der Waals surface area contributed by atoms with Crippen molar-refractivity contribution in [1.29, 1.82) is 0 Å². The minimum Gasteiger partial charge on any atom is -0.365 e. The number of rotatable bonds is 1. The number of pyridine rings is 1. The summed E-state index contributed by atoms with van der Waals surface area (Å²) in [5, 5.41) is 0. The van der Waals surface area contributed by atoms with Gasteiger partial charge in [-0.25, -0.2) is 0 Å². The molecular weight excluding hydrogens is 182 g/mol. The third-order valence-corrected chi connectivity index (χ3v) is 2.71. The van der Waals surface area contributed by atoms with Gasteiger partial charge in [0.25, 0.3) is 0 Å². The van der Waals surface area contributed by atoms with Crippen LogP contribution in [-0.4, -0.2) is 17.5 Å². The predicted octanol–water partition coefficient (Wildman–Crippen LogP) is 2.45. The number of aromatic nitrogens is 1. The van der Waals surface area contributed by atoms with E-state index in [4.69, 9.17) is 4.74 Å². The minimum absolute atomic E-state index is 0.756. The Labute approximate surface area is 82.0 Å². The fraction of sp³-hybridized carbons (Fsp3) is 0.300. The van der Waals surface area contributed by atoms with Crippen molar-refractivity contribution in [2.45, 2.75) is 6.92 Å². The third kappa shape index (κ3) is 2.32. The maximum Gasteiger partial charge on any atom is 0.0969 e. The number of ether oxygens (including phenoxy) is 1. The Hall–Kier alpha value is -0.800. The highest BCUT2D eigenvalue weighted by Crippen LogP contribution is 2.25. The van der Waals surface area contributed by atoms with Crippen molar-refractivity contribution in [3.63, 3.8) is 0 Å². The number of hydrogen-bond donors (Lipinski definition) is 0. The molecule has 2 nitrogen and oxygen atoms in total. The summed E-state index contributed by atoms with van der Waals surface area (Å²) in [5.74, 6) is 0.788. The Morgan fingerprint density at radius 1 is 1.62 bits per heavy atom. The molecule has 13 heavy (non-hydrogen) atoms. The van der Waals surface area contributed by atoms with E-state index in [0.29, 0.717) is 0 Å². The molecule has 3 heteroatoms. The Bertz CT molecular complexity index is 327. The van der Waals surface area contributed by atoms with Crippen molar-refractivity contribution in [2.75, 3.05) is 12.5 Å². The highest BCUT2D eigenvalue weighted by molar-refractivity contribution is 8.03. The van der Waals surface area contributed by atoms with Gasteiger partial charge in [0.05, 0.1) is 12.5 Å². The minimum atomic E-state index is 0.756. The first-order chi connectivity index (χ1) is 6.34. The van der Waals surface area contributed by atoms with Crippen molar-refractivity contribution >= 4 is 17.8 Å². The van der Waals surface area contributed by atoms with Crippen LogP contribution >= 0.6 is 11.8 Å². The number of hydrogen-bond acceptors (Lipinski definition) is 3. The van der Waals surface area contributed by atoms with Crippen LogP contribution in [0, 0.1) is 6.92 Å². The molecule has 1 saturated heterocycles. The standard InChI is InChI=1S/C10H11NOS/c1-8-4-9(2-3-11-8)5-10-6-12-7-13-10/h2-5H,6-7H2,1H3/b10-5+. The molecule has 0 N–H and O–H groups in total. The molecule has 0 atom stereocenters. The van der Waals surface area contributed by atoms with Crippen LogP contribution in [0.1, 0.15) is 11.3 Å². The van der Waals surface area contributed by atoms with Gasteiger partial charge in [0, 0.05) is 16.8 Å². The molecule has 1 aromatic rings. The van der Waals surface area contributed by atoms with Crippen molar-refractivity contribution in [1.82, 2.24) is 4.98 Å². The van der Waals surface area contributed by atoms with Gasteiger partial charge in [-0.1, -0.05) is 11.8 Å². The smallest absolute Gasteiger partial charge is 0.0969 e. The second kappa shape index (κ2) is 3.94. The molecule has 2 rings (SSSR count). The van der Waals surface area contributed by atoms with E-state index >= 15 is 0 Å². The summed E-state index contributed by atoms with van der Waals surface area (Å²) in [7, 11) is 0. The molecule has 1 aliphatic heterocycles. The Morgan fingerprint density at radius 3 is 3.23 bits per heavy atom. The van der Waals surface area contributed by atoms with Gasteiger partial charge in [-0.05, 0) is 30.7 Å². The van der Waals surface area contributed by atoms with Crippen LogP contribution in [0.5, 0.6) is 0 Å². The Morgan fingerprint density at radius 2 is 2.54 bits per heavy atom. The molecule has 0 radical (unpaired) electrons. The normalized spacial score (nSPS) is 19.6. The van der Waals surface area contributed by atoms with E-state index in [1.165, 1.54) is 10.5 Å². The Kier molecular flexibility index (Phi) is 2.66. The maximum atomic E-state index is 5.24. The van der Waals surface area contributed by atoms with Crippen LogP contribution in [0.2, 0.25) is 0 Å². The van der Waals surface area contributed by atoms with Crippen LogP contribution in [0.3, 0.4) is 0 Å². The lowest BCUT2D eigenvalue weighted by molar-refractivity contribution is 0.227. The lowest BCUT2D eigenvalue weighted by Gasteiger charge is -1.96. The second-order valence-electron chi connectivity index (χ2n) is 2.95. The summed E-state index contributed by atoms with van der Waals surface area (Å²) in [6, 6.07) is 4.09. The van der Waals surface area contributed by atoms with E-state index in [1.807, 2.05) is 19.2 Å². The molecule has 0 aliphatic carbocycles. The largest absolute Gasteiger partial charge is 0.365 e. The van der Waals surface area contributed by atoms with E-state index in [-0.39, 0.29) is 0 Å². The highest BCUT2D eigenvalue weighted by Gasteiger charge is 2.06. The van der Waals surface area contributed by atoms with Crippen LogP contribution in [0.25, 0.3) is 6.08 Å². The molecule has 2 heterocycles. The quantitative estimate of drug-likeness (QED) is 0.684. The lowest BCUT2D eigenvalue weighted by Crippen LogP contribution is -1.83. The zero-order chi connectivity index (χ0) is 9.10. The number of thioether (sulfide) groups is 1.